The molecule has 24 rings (SSSR count). The second-order valence-electron chi connectivity index (χ2n) is 26.9. The number of nitrogens with zero attached hydrogens (tertiary/aromatic N) is 1. The van der Waals surface area contributed by atoms with Gasteiger partial charge in [0.2, 0.25) is 10.0 Å². The van der Waals surface area contributed by atoms with Crippen LogP contribution < -0.4 is 9.62 Å². The van der Waals surface area contributed by atoms with Gasteiger partial charge in [0, 0.05) is 25.2 Å². The number of aryl methyl sites for hydroxylation is 1. The Morgan fingerprint density at radius 2 is 0.692 bits per heavy atom. The fourth-order valence-electron chi connectivity index (χ4n) is 13.6. The Kier molecular flexibility index (Phi) is 27.3. The van der Waals surface area contributed by atoms with Gasteiger partial charge in [-0.1, -0.05) is 35.9 Å². The van der Waals surface area contributed by atoms with Crippen molar-refractivity contribution >= 4 is 42.6 Å². The molecule has 0 amide bonds. The van der Waals surface area contributed by atoms with Crippen LogP contribution >= 0.6 is 0 Å². The number of rotatable bonds is 16. The number of aliphatic hydroxyl groups is 19. The van der Waals surface area contributed by atoms with E-state index in [0.29, 0.717) is 16.3 Å². The molecule has 42 nitrogen and oxygen atoms in total. The maximum absolute atomic E-state index is 13.6. The SMILES string of the molecule is Cc1ccc(S(=O)(=O)OC[C@H]2O[C@@H]3O[C@H]4[C@H](O)[C@@H](O)[C@@H](O[C@H]5[C@H](O)C(O)[C@@H](O[C@H]6[C@H](O)C(O)[C@@H](O[C@H]7[C@H](O)[C@@H](O)[C@@H](O[C@H]8[C@H](O)[C@@H](O)[C@@H](O[C@H]9[C@H](O)[C@@H](O)[C@@H](O[C@H]2[C@H](O)[C@H]3O)O[C@@H]9CO)O[C@@H]8CO)O[C@@H]7COC(=O)CNS(=O)(=O)c2ccc3c(N(C)C)cccc3c2)O[C@@H]6CO)O[C@@H]5CO)O[C@@H]4CO)cc1. The lowest BCUT2D eigenvalue weighted by Crippen LogP contribution is -2.68. The number of hydrogen-bond donors (Lipinski definition) is 20. The van der Waals surface area contributed by atoms with Gasteiger partial charge in [0.05, 0.1) is 49.4 Å². The van der Waals surface area contributed by atoms with Crippen molar-refractivity contribution in [3.63, 3.8) is 0 Å². The van der Waals surface area contributed by atoms with Crippen molar-refractivity contribution in [2.24, 2.45) is 0 Å². The summed E-state index contributed by atoms with van der Waals surface area (Å²) in [7, 11) is -5.67. The molecule has 3 aromatic carbocycles. The van der Waals surface area contributed by atoms with Gasteiger partial charge in [-0.15, -0.1) is 0 Å². The van der Waals surface area contributed by atoms with Crippen LogP contribution in [0.15, 0.2) is 70.5 Å². The Labute approximate surface area is 608 Å². The molecule has 20 N–H and O–H groups in total. The molecule has 604 valence electrons. The molecule has 0 radical (unpaired) electrons. The Hall–Kier alpha value is -4.31. The van der Waals surface area contributed by atoms with Crippen LogP contribution in [0.2, 0.25) is 0 Å². The van der Waals surface area contributed by atoms with Crippen LogP contribution in [0.3, 0.4) is 0 Å². The van der Waals surface area contributed by atoms with Crippen LogP contribution in [0, 0.1) is 6.92 Å². The summed E-state index contributed by atoms with van der Waals surface area (Å²) in [6.45, 7) is -7.48. The van der Waals surface area contributed by atoms with Gasteiger partial charge in [0.15, 0.2) is 44.0 Å². The average molecular weight is 1580 g/mol. The lowest BCUT2D eigenvalue weighted by atomic mass is 9.95. The molecule has 0 saturated carbocycles. The predicted molar refractivity (Wildman–Crippen MR) is 343 cm³/mol. The number of sulfonamides is 1. The molecule has 0 aromatic heterocycles. The van der Waals surface area contributed by atoms with Crippen molar-refractivity contribution in [2.75, 3.05) is 71.8 Å². The summed E-state index contributed by atoms with van der Waals surface area (Å²) in [5, 5.41) is 219. The smallest absolute Gasteiger partial charge is 0.321 e. The van der Waals surface area contributed by atoms with Gasteiger partial charge in [0.1, 0.15) is 184 Å². The second kappa shape index (κ2) is 35.0. The van der Waals surface area contributed by atoms with E-state index in [1.54, 1.807) is 39.2 Å². The quantitative estimate of drug-likeness (QED) is 0.0468. The van der Waals surface area contributed by atoms with E-state index in [0.717, 1.165) is 5.69 Å². The van der Waals surface area contributed by atoms with Crippen molar-refractivity contribution in [3.05, 3.63) is 66.2 Å². The van der Waals surface area contributed by atoms with Crippen molar-refractivity contribution in [1.82, 2.24) is 4.72 Å². The summed E-state index contributed by atoms with van der Waals surface area (Å²) >= 11 is 0. The second-order valence-corrected chi connectivity index (χ2v) is 30.3. The number of aliphatic hydroxyl groups excluding tert-OH is 19. The normalized spacial score (nSPS) is 43.4. The Bertz CT molecular complexity index is 3650. The van der Waals surface area contributed by atoms with Crippen molar-refractivity contribution in [3.8, 4) is 0 Å². The van der Waals surface area contributed by atoms with E-state index < -0.39 is 299 Å². The van der Waals surface area contributed by atoms with E-state index in [1.807, 2.05) is 11.0 Å². The molecule has 107 heavy (non-hydrogen) atoms. The third-order valence-electron chi connectivity index (χ3n) is 19.6. The highest BCUT2D eigenvalue weighted by Gasteiger charge is 2.60. The number of hydrogen-bond acceptors (Lipinski definition) is 41. The van der Waals surface area contributed by atoms with Gasteiger partial charge < -0.3 is 173 Å². The number of fused-ring (bicyclic) bond motifs is 1. The standard InChI is InChI=1S/C63H90N2O40S2/c1-22-7-9-24(10-8-22)107(88,89)91-21-34-56-42(78)49(85)63(98-34)103-54-32(19-70)94-59(45(81)38(54)74)99-50-28(15-66)92-57(43(79)36(50)72)100-51-29(16-67)95-60(46(82)39(51)75)104-55-33(20-90-35(71)14-64-106(86,87)25-11-12-26-23(13-25)5-4-6-27(26)65(2)3)97-62(48(84)41(55)77)102-53-31(18-69)93-58(44(80)37(53)73)101-52-30(17-68)96-61(105-56)47(83)40(52)76/h4-13,28-34,36-64,66-70,72-85H,14-21H2,1-3H3/t28-,29-,30-,31-,32-,33-,34-,36-,37-,38-,39-,40-,41-,42-,43?,44-,45-,46?,47-,48-,49-,50-,51-,52-,53-,54-,55-,56-,57-,58-,59-,60-,61-,62-,63-/m1/s1. The molecular weight excluding hydrogens is 1490 g/mol. The van der Waals surface area contributed by atoms with Gasteiger partial charge in [0.25, 0.3) is 10.1 Å². The number of carbonyl (C=O) groups excluding carboxylic acids is 1. The fourth-order valence-corrected chi connectivity index (χ4v) is 15.5. The monoisotopic (exact) mass is 1580 g/mol. The number of carbonyl (C=O) groups is 1. The summed E-state index contributed by atoms with van der Waals surface area (Å²) < 4.78 is 149. The van der Waals surface area contributed by atoms with Crippen LogP contribution in [0.4, 0.5) is 5.69 Å². The van der Waals surface area contributed by atoms with Crippen LogP contribution in [0.25, 0.3) is 10.8 Å². The van der Waals surface area contributed by atoms with Crippen LogP contribution in [-0.4, -0.2) is 402 Å². The topological polar surface area (TPSA) is 633 Å². The van der Waals surface area contributed by atoms with Gasteiger partial charge in [-0.3, -0.25) is 8.98 Å². The lowest BCUT2D eigenvalue weighted by molar-refractivity contribution is -0.396. The van der Waals surface area contributed by atoms with Crippen molar-refractivity contribution in [1.29, 1.82) is 0 Å². The molecule has 0 spiro atoms. The van der Waals surface area contributed by atoms with Crippen molar-refractivity contribution < 1.29 is 194 Å². The minimum absolute atomic E-state index is 0.263. The molecule has 21 fully saturated rings. The lowest BCUT2D eigenvalue weighted by Gasteiger charge is -2.50. The first-order valence-electron chi connectivity index (χ1n) is 33.8. The van der Waals surface area contributed by atoms with Gasteiger partial charge in [-0.05, 0) is 42.6 Å². The zero-order chi connectivity index (χ0) is 77.6. The first-order valence-corrected chi connectivity index (χ1v) is 36.7. The molecule has 0 aliphatic carbocycles. The van der Waals surface area contributed by atoms with Crippen LogP contribution in [0.5, 0.6) is 0 Å². The number of benzene rings is 3. The first kappa shape index (κ1) is 83.6. The molecule has 35 atom stereocenters. The molecule has 21 heterocycles. The fraction of sp³-hybridized carbons (Fsp3) is 0.730. The molecule has 21 saturated heterocycles. The average Bonchev–Trinajstić information content (AvgIpc) is 0.807. The summed E-state index contributed by atoms with van der Waals surface area (Å²) in [6, 6.07) is 14.6. The largest absolute Gasteiger partial charge is 0.462 e. The van der Waals surface area contributed by atoms with Crippen molar-refractivity contribution in [2.45, 2.75) is 232 Å². The molecule has 2 unspecified atom stereocenters. The molecule has 44 heteroatoms. The Balaban J connectivity index is 0.886. The van der Waals surface area contributed by atoms with E-state index in [9.17, 15) is 119 Å². The Morgan fingerprint density at radius 1 is 0.393 bits per heavy atom. The van der Waals surface area contributed by atoms with Crippen LogP contribution in [0.1, 0.15) is 5.56 Å². The summed E-state index contributed by atoms with van der Waals surface area (Å²) in [4.78, 5) is 14.7. The molecule has 3 aromatic rings. The predicted octanol–water partition coefficient (Wildman–Crippen LogP) is -11.8. The molecule has 21 aliphatic rings. The zero-order valence-electron chi connectivity index (χ0n) is 57.0. The zero-order valence-corrected chi connectivity index (χ0v) is 58.6. The highest BCUT2D eigenvalue weighted by atomic mass is 32.2. The summed E-state index contributed by atoms with van der Waals surface area (Å²) in [6.07, 6.45) is -76.4. The van der Waals surface area contributed by atoms with Gasteiger partial charge in [-0.25, -0.2) is 8.42 Å². The number of ether oxygens (including phenoxy) is 15. The van der Waals surface area contributed by atoms with Crippen LogP contribution in [-0.2, 0) is 100 Å². The van der Waals surface area contributed by atoms with E-state index in [4.69, 9.17) is 75.2 Å². The number of anilines is 1. The highest BCUT2D eigenvalue weighted by molar-refractivity contribution is 7.89. The maximum Gasteiger partial charge on any atom is 0.321 e. The van der Waals surface area contributed by atoms with E-state index in [1.165, 1.54) is 36.4 Å². The number of nitrogens with one attached hydrogen (secondary N) is 1. The first-order chi connectivity index (χ1) is 50.7. The maximum atomic E-state index is 13.6. The number of esters is 1. The Morgan fingerprint density at radius 3 is 1.01 bits per heavy atom. The van der Waals surface area contributed by atoms with Gasteiger partial charge >= 0.3 is 5.97 Å². The molecular formula is C63H90N2O40S2. The minimum atomic E-state index is -4.76. The summed E-state index contributed by atoms with van der Waals surface area (Å²) in [5.74, 6) is -1.33. The van der Waals surface area contributed by atoms with Gasteiger partial charge in [-0.2, -0.15) is 13.1 Å². The highest BCUT2D eigenvalue weighted by Crippen LogP contribution is 2.40. The third-order valence-corrected chi connectivity index (χ3v) is 22.3. The molecule has 14 bridgehead atoms. The molecule has 21 aliphatic heterocycles. The summed E-state index contributed by atoms with van der Waals surface area (Å²) in [5.41, 5.74) is 1.41. The van der Waals surface area contributed by atoms with E-state index in [2.05, 4.69) is 4.72 Å². The van der Waals surface area contributed by atoms with E-state index in [-0.39, 0.29) is 4.90 Å². The van der Waals surface area contributed by atoms with E-state index >= 15 is 0 Å². The third kappa shape index (κ3) is 17.6. The minimum Gasteiger partial charge on any atom is -0.462 e.